The minimum atomic E-state index is 0.903. The van der Waals surface area contributed by atoms with Crippen LogP contribution in [0.25, 0.3) is 0 Å². The van der Waals surface area contributed by atoms with Crippen LogP contribution >= 0.6 is 0 Å². The van der Waals surface area contributed by atoms with Crippen molar-refractivity contribution in [3.8, 4) is 0 Å². The molecule has 0 bridgehead atoms. The summed E-state index contributed by atoms with van der Waals surface area (Å²) in [6.45, 7) is 7.10. The van der Waals surface area contributed by atoms with Crippen LogP contribution in [0.5, 0.6) is 0 Å². The van der Waals surface area contributed by atoms with E-state index in [1.807, 2.05) is 24.9 Å². The second-order valence-corrected chi connectivity index (χ2v) is 6.57. The summed E-state index contributed by atoms with van der Waals surface area (Å²) in [6, 6.07) is 8.63. The van der Waals surface area contributed by atoms with Crippen molar-refractivity contribution in [3.63, 3.8) is 0 Å². The summed E-state index contributed by atoms with van der Waals surface area (Å²) >= 11 is 0. The predicted molar refractivity (Wildman–Crippen MR) is 102 cm³/mol. The van der Waals surface area contributed by atoms with Gasteiger partial charge in [-0.05, 0) is 31.1 Å². The minimum Gasteiger partial charge on any atom is -0.337 e. The average Bonchev–Trinajstić information content (AvgIpc) is 3.15. The molecule has 2 heterocycles. The van der Waals surface area contributed by atoms with Crippen LogP contribution in [0.1, 0.15) is 17.5 Å². The molecule has 0 atom stereocenters. The van der Waals surface area contributed by atoms with Gasteiger partial charge in [0.15, 0.2) is 0 Å². The summed E-state index contributed by atoms with van der Waals surface area (Å²) in [7, 11) is 2.16. The van der Waals surface area contributed by atoms with Crippen LogP contribution in [0.4, 0.5) is 0 Å². The van der Waals surface area contributed by atoms with Gasteiger partial charge < -0.3 is 14.8 Å². The van der Waals surface area contributed by atoms with E-state index >= 15 is 0 Å². The van der Waals surface area contributed by atoms with Crippen LogP contribution in [0, 0.1) is 0 Å². The largest absolute Gasteiger partial charge is 0.337 e. The lowest BCUT2D eigenvalue weighted by Gasteiger charge is -2.30. The first kappa shape index (κ1) is 17.6. The molecule has 1 aliphatic heterocycles. The van der Waals surface area contributed by atoms with E-state index < -0.39 is 0 Å². The summed E-state index contributed by atoms with van der Waals surface area (Å²) in [6.07, 6.45) is 8.76. The third-order valence-corrected chi connectivity index (χ3v) is 4.49. The monoisotopic (exact) mass is 340 g/mol. The summed E-state index contributed by atoms with van der Waals surface area (Å²) < 4.78 is 2.11. The van der Waals surface area contributed by atoms with E-state index in [0.717, 1.165) is 57.8 Å². The number of aromatic nitrogens is 2. The lowest BCUT2D eigenvalue weighted by atomic mass is 10.1. The number of hydrogen-bond donors (Lipinski definition) is 1. The van der Waals surface area contributed by atoms with E-state index in [1.54, 1.807) is 0 Å². The highest BCUT2D eigenvalue weighted by molar-refractivity contribution is 5.79. The Kier molecular flexibility index (Phi) is 6.59. The van der Waals surface area contributed by atoms with Gasteiger partial charge in [-0.2, -0.15) is 5.10 Å². The Hall–Kier alpha value is -2.18. The lowest BCUT2D eigenvalue weighted by molar-refractivity contribution is 0.159. The second kappa shape index (κ2) is 9.34. The first-order valence-corrected chi connectivity index (χ1v) is 9.02. The molecule has 25 heavy (non-hydrogen) atoms. The van der Waals surface area contributed by atoms with Crippen LogP contribution in [0.2, 0.25) is 0 Å². The van der Waals surface area contributed by atoms with Gasteiger partial charge in [0.05, 0.1) is 12.5 Å². The van der Waals surface area contributed by atoms with Crippen molar-refractivity contribution in [1.82, 2.24) is 24.8 Å². The summed E-state index contributed by atoms with van der Waals surface area (Å²) in [5.74, 6) is 0. The Morgan fingerprint density at radius 3 is 2.68 bits per heavy atom. The normalized spacial score (nSPS) is 16.0. The molecule has 1 N–H and O–H groups in total. The molecule has 6 nitrogen and oxygen atoms in total. The van der Waals surface area contributed by atoms with E-state index in [1.165, 1.54) is 5.56 Å². The molecule has 3 rings (SSSR count). The Bertz CT molecular complexity index is 626. The summed E-state index contributed by atoms with van der Waals surface area (Å²) in [5, 5.41) is 10.2. The molecule has 2 aromatic rings. The smallest absolute Gasteiger partial charge is 0.0945 e. The van der Waals surface area contributed by atoms with Gasteiger partial charge in [-0.3, -0.25) is 5.01 Å². The maximum atomic E-state index is 4.59. The van der Waals surface area contributed by atoms with Crippen molar-refractivity contribution < 1.29 is 0 Å². The standard InChI is InChI=1S/C19H28N6/c1-23-11-13-25(14-12-23)22-16-19-5-3-18(4-6-19)15-20-7-2-9-24-10-8-21-17-24/h3-6,8,10,16-17,20H,2,7,9,11-15H2,1H3/b22-16+. The summed E-state index contributed by atoms with van der Waals surface area (Å²) in [5.41, 5.74) is 2.46. The molecule has 0 aliphatic carbocycles. The van der Waals surface area contributed by atoms with Gasteiger partial charge in [-0.15, -0.1) is 0 Å². The number of piperazine rings is 1. The molecule has 0 radical (unpaired) electrons. The molecule has 134 valence electrons. The zero-order valence-electron chi connectivity index (χ0n) is 15.0. The van der Waals surface area contributed by atoms with Gasteiger partial charge >= 0.3 is 0 Å². The van der Waals surface area contributed by atoms with Gasteiger partial charge in [-0.25, -0.2) is 4.98 Å². The third kappa shape index (κ3) is 5.99. The van der Waals surface area contributed by atoms with E-state index in [9.17, 15) is 0 Å². The molecule has 6 heteroatoms. The fourth-order valence-corrected chi connectivity index (χ4v) is 2.82. The lowest BCUT2D eigenvalue weighted by Crippen LogP contribution is -2.41. The first-order valence-electron chi connectivity index (χ1n) is 9.02. The first-order chi connectivity index (χ1) is 12.3. The number of nitrogens with zero attached hydrogens (tertiary/aromatic N) is 5. The van der Waals surface area contributed by atoms with Gasteiger partial charge in [0.25, 0.3) is 0 Å². The fourth-order valence-electron chi connectivity index (χ4n) is 2.82. The molecule has 1 fully saturated rings. The Morgan fingerprint density at radius 2 is 1.96 bits per heavy atom. The number of hydrazone groups is 1. The third-order valence-electron chi connectivity index (χ3n) is 4.49. The maximum absolute atomic E-state index is 4.59. The second-order valence-electron chi connectivity index (χ2n) is 6.57. The highest BCUT2D eigenvalue weighted by Crippen LogP contribution is 2.04. The van der Waals surface area contributed by atoms with Gasteiger partial charge in [-0.1, -0.05) is 24.3 Å². The Labute approximate surface area is 150 Å². The van der Waals surface area contributed by atoms with Crippen LogP contribution in [0.15, 0.2) is 48.1 Å². The molecule has 0 saturated carbocycles. The fraction of sp³-hybridized carbons (Fsp3) is 0.474. The molecule has 1 saturated heterocycles. The highest BCUT2D eigenvalue weighted by Gasteiger charge is 2.10. The quantitative estimate of drug-likeness (QED) is 0.586. The SMILES string of the molecule is CN1CCN(/N=C/c2ccc(CNCCCn3ccnc3)cc2)CC1. The molecular weight excluding hydrogens is 312 g/mol. The summed E-state index contributed by atoms with van der Waals surface area (Å²) in [4.78, 5) is 6.39. The number of aryl methyl sites for hydroxylation is 1. The molecule has 0 unspecified atom stereocenters. The van der Waals surface area contributed by atoms with Crippen molar-refractivity contribution in [2.75, 3.05) is 39.8 Å². The van der Waals surface area contributed by atoms with Gasteiger partial charge in [0.1, 0.15) is 0 Å². The van der Waals surface area contributed by atoms with Gasteiger partial charge in [0.2, 0.25) is 0 Å². The van der Waals surface area contributed by atoms with Crippen molar-refractivity contribution in [1.29, 1.82) is 0 Å². The van der Waals surface area contributed by atoms with E-state index in [2.05, 4.69) is 61.2 Å². The molecule has 0 spiro atoms. The molecule has 0 amide bonds. The molecule has 1 aromatic carbocycles. The number of hydrogen-bond acceptors (Lipinski definition) is 5. The van der Waals surface area contributed by atoms with Crippen LogP contribution in [0.3, 0.4) is 0 Å². The predicted octanol–water partition coefficient (Wildman–Crippen LogP) is 1.64. The van der Waals surface area contributed by atoms with Crippen molar-refractivity contribution in [2.24, 2.45) is 5.10 Å². The zero-order chi connectivity index (χ0) is 17.3. The van der Waals surface area contributed by atoms with E-state index in [4.69, 9.17) is 0 Å². The maximum Gasteiger partial charge on any atom is 0.0945 e. The topological polar surface area (TPSA) is 48.7 Å². The molecular formula is C19H28N6. The van der Waals surface area contributed by atoms with Crippen LogP contribution < -0.4 is 5.32 Å². The number of benzene rings is 1. The zero-order valence-corrected chi connectivity index (χ0v) is 15.0. The Balaban J connectivity index is 1.35. The number of nitrogens with one attached hydrogen (secondary N) is 1. The van der Waals surface area contributed by atoms with Crippen molar-refractivity contribution in [2.45, 2.75) is 19.5 Å². The molecule has 1 aromatic heterocycles. The molecule has 1 aliphatic rings. The van der Waals surface area contributed by atoms with Crippen molar-refractivity contribution in [3.05, 3.63) is 54.1 Å². The van der Waals surface area contributed by atoms with Gasteiger partial charge in [0, 0.05) is 51.7 Å². The van der Waals surface area contributed by atoms with Crippen LogP contribution in [-0.4, -0.2) is 65.4 Å². The highest BCUT2D eigenvalue weighted by atomic mass is 15.5. The van der Waals surface area contributed by atoms with E-state index in [-0.39, 0.29) is 0 Å². The minimum absolute atomic E-state index is 0.903. The Morgan fingerprint density at radius 1 is 1.16 bits per heavy atom. The number of imidazole rings is 1. The van der Waals surface area contributed by atoms with E-state index in [0.29, 0.717) is 0 Å². The number of likely N-dealkylation sites (N-methyl/N-ethyl adjacent to an activating group) is 1. The van der Waals surface area contributed by atoms with Crippen LogP contribution in [-0.2, 0) is 13.1 Å². The van der Waals surface area contributed by atoms with Crippen molar-refractivity contribution >= 4 is 6.21 Å². The average molecular weight is 340 g/mol. The number of rotatable bonds is 8.